The van der Waals surface area contributed by atoms with E-state index in [0.717, 1.165) is 15.5 Å². The summed E-state index contributed by atoms with van der Waals surface area (Å²) in [6, 6.07) is 22.3. The van der Waals surface area contributed by atoms with Gasteiger partial charge in [0.2, 0.25) is 11.8 Å². The summed E-state index contributed by atoms with van der Waals surface area (Å²) in [5.41, 5.74) is 2.89. The zero-order chi connectivity index (χ0) is 28.1. The predicted molar refractivity (Wildman–Crippen MR) is 165 cm³/mol. The second-order valence-corrected chi connectivity index (χ2v) is 11.9. The summed E-state index contributed by atoms with van der Waals surface area (Å²) < 4.78 is 0. The number of thioether (sulfide) groups is 2. The number of amides is 4. The van der Waals surface area contributed by atoms with Gasteiger partial charge in [-0.15, -0.1) is 23.5 Å². The zero-order valence-corrected chi connectivity index (χ0v) is 23.8. The van der Waals surface area contributed by atoms with Gasteiger partial charge in [-0.3, -0.25) is 14.5 Å². The third kappa shape index (κ3) is 6.43. The second-order valence-electron chi connectivity index (χ2n) is 9.40. The minimum Gasteiger partial charge on any atom is -0.326 e. The predicted octanol–water partition coefficient (Wildman–Crippen LogP) is 7.16. The fourth-order valence-corrected chi connectivity index (χ4v) is 6.88. The molecule has 4 amide bonds. The van der Waals surface area contributed by atoms with Gasteiger partial charge in [-0.2, -0.15) is 0 Å². The van der Waals surface area contributed by atoms with Gasteiger partial charge in [0.05, 0.1) is 22.2 Å². The summed E-state index contributed by atoms with van der Waals surface area (Å²) in [4.78, 5) is 41.7. The van der Waals surface area contributed by atoms with Crippen LogP contribution in [0.5, 0.6) is 0 Å². The number of nitrogens with one attached hydrogen (secondary N) is 3. The van der Waals surface area contributed by atoms with Crippen LogP contribution in [-0.4, -0.2) is 34.4 Å². The monoisotopic (exact) mass is 570 g/mol. The van der Waals surface area contributed by atoms with E-state index in [9.17, 15) is 14.4 Å². The molecule has 3 atom stereocenters. The maximum atomic E-state index is 13.6. The van der Waals surface area contributed by atoms with Crippen molar-refractivity contribution >= 4 is 64.1 Å². The molecule has 9 heteroatoms. The SMILES string of the molecule is CCC(Sc1cccc(NC(=O)N2c3ccccc3SC3C=CC=CC32)c1)C(=O)Nc1ccc(NC(C)=O)cc1. The highest BCUT2D eigenvalue weighted by molar-refractivity contribution is 8.00. The molecule has 0 spiro atoms. The molecule has 1 aliphatic heterocycles. The number of urea groups is 1. The van der Waals surface area contributed by atoms with Crippen LogP contribution in [0.25, 0.3) is 0 Å². The molecule has 1 heterocycles. The van der Waals surface area contributed by atoms with Crippen molar-refractivity contribution in [2.24, 2.45) is 0 Å². The number of hydrogen-bond donors (Lipinski definition) is 3. The Morgan fingerprint density at radius 1 is 0.875 bits per heavy atom. The van der Waals surface area contributed by atoms with E-state index in [4.69, 9.17) is 0 Å². The summed E-state index contributed by atoms with van der Waals surface area (Å²) >= 11 is 3.22. The Hall–Kier alpha value is -3.95. The molecule has 0 saturated carbocycles. The van der Waals surface area contributed by atoms with Crippen LogP contribution in [0.4, 0.5) is 27.5 Å². The Morgan fingerprint density at radius 2 is 1.60 bits per heavy atom. The number of allylic oxidation sites excluding steroid dienone is 2. The molecule has 0 aromatic heterocycles. The fourth-order valence-electron chi connectivity index (χ4n) is 4.61. The second kappa shape index (κ2) is 12.5. The van der Waals surface area contributed by atoms with Crippen molar-refractivity contribution in [3.05, 3.63) is 97.1 Å². The molecule has 0 saturated heterocycles. The number of benzene rings is 3. The van der Waals surface area contributed by atoms with Crippen LogP contribution in [-0.2, 0) is 9.59 Å². The molecule has 3 unspecified atom stereocenters. The molecule has 40 heavy (non-hydrogen) atoms. The number of carbonyl (C=O) groups excluding carboxylic acids is 3. The van der Waals surface area contributed by atoms with Gasteiger partial charge in [-0.05, 0) is 61.0 Å². The maximum absolute atomic E-state index is 13.6. The number of nitrogens with zero attached hydrogens (tertiary/aromatic N) is 1. The molecule has 3 aromatic rings. The minimum absolute atomic E-state index is 0.0806. The van der Waals surface area contributed by atoms with Crippen LogP contribution < -0.4 is 20.9 Å². The lowest BCUT2D eigenvalue weighted by Crippen LogP contribution is -2.49. The van der Waals surface area contributed by atoms with E-state index in [2.05, 4.69) is 28.1 Å². The molecule has 7 nitrogen and oxygen atoms in total. The summed E-state index contributed by atoms with van der Waals surface area (Å²) in [7, 11) is 0. The average Bonchev–Trinajstić information content (AvgIpc) is 2.95. The first-order chi connectivity index (χ1) is 19.4. The van der Waals surface area contributed by atoms with Crippen LogP contribution >= 0.6 is 23.5 Å². The lowest BCUT2D eigenvalue weighted by Gasteiger charge is -2.40. The quantitative estimate of drug-likeness (QED) is 0.262. The molecular weight excluding hydrogens is 541 g/mol. The van der Waals surface area contributed by atoms with Gasteiger partial charge in [0.1, 0.15) is 0 Å². The Bertz CT molecular complexity index is 1470. The molecule has 5 rings (SSSR count). The molecule has 2 aliphatic rings. The number of anilines is 4. The van der Waals surface area contributed by atoms with Crippen LogP contribution in [0.3, 0.4) is 0 Å². The largest absolute Gasteiger partial charge is 0.326 e. The third-order valence-corrected chi connectivity index (χ3v) is 9.13. The lowest BCUT2D eigenvalue weighted by atomic mass is 10.1. The molecule has 0 fully saturated rings. The highest BCUT2D eigenvalue weighted by atomic mass is 32.2. The van der Waals surface area contributed by atoms with E-state index < -0.39 is 0 Å². The minimum atomic E-state index is -0.327. The van der Waals surface area contributed by atoms with Gasteiger partial charge >= 0.3 is 6.03 Å². The smallest absolute Gasteiger partial charge is 0.326 e. The number of rotatable bonds is 7. The topological polar surface area (TPSA) is 90.5 Å². The Morgan fingerprint density at radius 3 is 2.35 bits per heavy atom. The van der Waals surface area contributed by atoms with Gasteiger partial charge in [-0.1, -0.05) is 49.4 Å². The van der Waals surface area contributed by atoms with Crippen molar-refractivity contribution in [2.75, 3.05) is 20.9 Å². The van der Waals surface area contributed by atoms with E-state index >= 15 is 0 Å². The number of hydrogen-bond acceptors (Lipinski definition) is 5. The first kappa shape index (κ1) is 27.6. The van der Waals surface area contributed by atoms with E-state index in [1.807, 2.05) is 72.5 Å². The van der Waals surface area contributed by atoms with E-state index in [0.29, 0.717) is 23.5 Å². The Balaban J connectivity index is 1.26. The van der Waals surface area contributed by atoms with Crippen molar-refractivity contribution in [3.63, 3.8) is 0 Å². The van der Waals surface area contributed by atoms with Crippen LogP contribution in [0, 0.1) is 0 Å². The molecule has 0 radical (unpaired) electrons. The summed E-state index contributed by atoms with van der Waals surface area (Å²) in [6.07, 6.45) is 8.84. The van der Waals surface area contributed by atoms with Gasteiger partial charge in [0.25, 0.3) is 0 Å². The van der Waals surface area contributed by atoms with Gasteiger partial charge < -0.3 is 16.0 Å². The fraction of sp³-hybridized carbons (Fsp3) is 0.194. The lowest BCUT2D eigenvalue weighted by molar-refractivity contribution is -0.116. The Labute approximate surface area is 242 Å². The van der Waals surface area contributed by atoms with Crippen molar-refractivity contribution in [3.8, 4) is 0 Å². The summed E-state index contributed by atoms with van der Waals surface area (Å²) in [5, 5.41) is 8.58. The first-order valence-corrected chi connectivity index (χ1v) is 14.8. The van der Waals surface area contributed by atoms with Gasteiger partial charge in [0, 0.05) is 33.8 Å². The number of fused-ring (bicyclic) bond motifs is 2. The summed E-state index contributed by atoms with van der Waals surface area (Å²) in [5.74, 6) is -0.260. The molecular formula is C31H30N4O3S2. The Kier molecular flexibility index (Phi) is 8.62. The van der Waals surface area contributed by atoms with E-state index in [1.54, 1.807) is 36.0 Å². The number of para-hydroxylation sites is 1. The number of carbonyl (C=O) groups is 3. The standard InChI is InChI=1S/C31H30N4O3S2/c1-3-27(30(37)33-22-17-15-21(16-18-22)32-20(2)36)39-24-10-8-9-23(19-24)34-31(38)35-25-11-4-6-13-28(25)40-29-14-7-5-12-26(29)35/h4-19,25,27-28H,3H2,1-2H3,(H,32,36)(H,33,37)(H,34,38). The van der Waals surface area contributed by atoms with Crippen LogP contribution in [0.1, 0.15) is 20.3 Å². The maximum Gasteiger partial charge on any atom is 0.326 e. The highest BCUT2D eigenvalue weighted by Gasteiger charge is 2.36. The summed E-state index contributed by atoms with van der Waals surface area (Å²) in [6.45, 7) is 3.42. The van der Waals surface area contributed by atoms with Crippen molar-refractivity contribution in [2.45, 2.75) is 46.6 Å². The van der Waals surface area contributed by atoms with E-state index in [1.165, 1.54) is 18.7 Å². The van der Waals surface area contributed by atoms with Gasteiger partial charge in [-0.25, -0.2) is 4.79 Å². The molecule has 3 aromatic carbocycles. The van der Waals surface area contributed by atoms with Crippen molar-refractivity contribution in [1.82, 2.24) is 0 Å². The van der Waals surface area contributed by atoms with Gasteiger partial charge in [0.15, 0.2) is 0 Å². The van der Waals surface area contributed by atoms with Crippen molar-refractivity contribution in [1.29, 1.82) is 0 Å². The van der Waals surface area contributed by atoms with Crippen LogP contribution in [0.15, 0.2) is 107 Å². The zero-order valence-electron chi connectivity index (χ0n) is 22.2. The van der Waals surface area contributed by atoms with E-state index in [-0.39, 0.29) is 34.4 Å². The highest BCUT2D eigenvalue weighted by Crippen LogP contribution is 2.43. The molecule has 204 valence electrons. The van der Waals surface area contributed by atoms with Crippen molar-refractivity contribution < 1.29 is 14.4 Å². The molecule has 3 N–H and O–H groups in total. The average molecular weight is 571 g/mol. The third-order valence-electron chi connectivity index (χ3n) is 6.46. The normalized spacial score (nSPS) is 17.8. The molecule has 0 bridgehead atoms. The molecule has 1 aliphatic carbocycles. The van der Waals surface area contributed by atoms with Crippen LogP contribution in [0.2, 0.25) is 0 Å². The first-order valence-electron chi connectivity index (χ1n) is 13.1.